The molecule has 6 nitrogen and oxygen atoms in total. The Labute approximate surface area is 240 Å². The molecule has 0 saturated heterocycles. The highest BCUT2D eigenvalue weighted by atomic mass is 79.9. The largest absolute Gasteiger partial charge is 0.507 e. The van der Waals surface area contributed by atoms with Gasteiger partial charge in [0.2, 0.25) is 0 Å². The number of para-hydroxylation sites is 2. The number of aromatic nitrogens is 4. The highest BCUT2D eigenvalue weighted by Crippen LogP contribution is 2.32. The molecule has 0 aliphatic heterocycles. The van der Waals surface area contributed by atoms with E-state index in [-0.39, 0.29) is 11.5 Å². The second-order valence-electron chi connectivity index (χ2n) is 8.03. The smallest absolute Gasteiger partial charge is 0.165 e. The molecule has 6 aromatic rings. The lowest BCUT2D eigenvalue weighted by molar-refractivity contribution is 0.476. The summed E-state index contributed by atoms with van der Waals surface area (Å²) in [5, 5.41) is 22.8. The van der Waals surface area contributed by atoms with Crippen molar-refractivity contribution in [3.63, 3.8) is 0 Å². The summed E-state index contributed by atoms with van der Waals surface area (Å²) < 4.78 is 0.674. The van der Waals surface area contributed by atoms with Crippen LogP contribution in [0.15, 0.2) is 89.5 Å². The zero-order valence-electron chi connectivity index (χ0n) is 19.3. The Morgan fingerprint density at radius 2 is 1.03 bits per heavy atom. The van der Waals surface area contributed by atoms with Crippen LogP contribution in [0.5, 0.6) is 11.5 Å². The van der Waals surface area contributed by atoms with Crippen molar-refractivity contribution in [2.45, 2.75) is 0 Å². The van der Waals surface area contributed by atoms with Crippen LogP contribution >= 0.6 is 50.7 Å². The maximum absolute atomic E-state index is 9.86. The van der Waals surface area contributed by atoms with Crippen molar-refractivity contribution in [1.82, 2.24) is 19.9 Å². The first-order chi connectivity index (χ1) is 18.3. The molecule has 0 amide bonds. The van der Waals surface area contributed by atoms with Crippen molar-refractivity contribution in [3.8, 4) is 34.3 Å². The Balaban J connectivity index is 0.000000155. The predicted molar refractivity (Wildman–Crippen MR) is 156 cm³/mol. The molecule has 0 aliphatic carbocycles. The van der Waals surface area contributed by atoms with Gasteiger partial charge >= 0.3 is 0 Å². The van der Waals surface area contributed by atoms with Crippen molar-refractivity contribution in [1.29, 1.82) is 0 Å². The van der Waals surface area contributed by atoms with E-state index in [1.807, 2.05) is 12.1 Å². The van der Waals surface area contributed by atoms with Crippen LogP contribution in [0, 0.1) is 0 Å². The first-order valence-electron chi connectivity index (χ1n) is 11.1. The molecule has 0 unspecified atom stereocenters. The molecule has 188 valence electrons. The molecule has 2 heterocycles. The van der Waals surface area contributed by atoms with Gasteiger partial charge in [0.25, 0.3) is 0 Å². The zero-order valence-corrected chi connectivity index (χ0v) is 23.1. The minimum Gasteiger partial charge on any atom is -0.507 e. The first-order valence-corrected chi connectivity index (χ1v) is 13.0. The van der Waals surface area contributed by atoms with Gasteiger partial charge in [0.05, 0.1) is 22.2 Å². The lowest BCUT2D eigenvalue weighted by atomic mass is 10.1. The zero-order chi connectivity index (χ0) is 26.8. The lowest BCUT2D eigenvalue weighted by Gasteiger charge is -2.06. The third kappa shape index (κ3) is 5.51. The minimum absolute atomic E-state index is 0.111. The Kier molecular flexibility index (Phi) is 7.63. The average Bonchev–Trinajstić information content (AvgIpc) is 2.89. The van der Waals surface area contributed by atoms with Gasteiger partial charge in [-0.25, -0.2) is 19.9 Å². The molecule has 6 rings (SSSR count). The average molecular weight is 627 g/mol. The molecule has 0 radical (unpaired) electrons. The van der Waals surface area contributed by atoms with E-state index >= 15 is 0 Å². The topological polar surface area (TPSA) is 92.0 Å². The Morgan fingerprint density at radius 3 is 1.58 bits per heavy atom. The van der Waals surface area contributed by atoms with E-state index in [1.165, 1.54) is 0 Å². The van der Waals surface area contributed by atoms with E-state index in [9.17, 15) is 10.2 Å². The van der Waals surface area contributed by atoms with Crippen molar-refractivity contribution in [3.05, 3.63) is 105 Å². The Bertz CT molecular complexity index is 1680. The molecule has 0 saturated carbocycles. The number of benzene rings is 4. The second-order valence-corrected chi connectivity index (χ2v) is 10.0. The summed E-state index contributed by atoms with van der Waals surface area (Å²) in [5.41, 5.74) is 2.50. The summed E-state index contributed by atoms with van der Waals surface area (Å²) in [7, 11) is 0. The maximum Gasteiger partial charge on any atom is 0.165 e. The molecule has 0 spiro atoms. The molecule has 0 aliphatic rings. The highest BCUT2D eigenvalue weighted by Gasteiger charge is 2.12. The SMILES string of the molecule is Oc1ccccc1-c1nc(Br)c2ccc(Cl)cc2n1.Oc1ccccc1-c1nc(Cl)c2ccc(Cl)cc2n1. The van der Waals surface area contributed by atoms with Gasteiger partial charge in [0, 0.05) is 20.8 Å². The Hall–Kier alpha value is -3.49. The highest BCUT2D eigenvalue weighted by molar-refractivity contribution is 9.10. The van der Waals surface area contributed by atoms with Crippen LogP contribution in [0.2, 0.25) is 15.2 Å². The van der Waals surface area contributed by atoms with Gasteiger partial charge < -0.3 is 10.2 Å². The van der Waals surface area contributed by atoms with Gasteiger partial charge in [-0.1, -0.05) is 59.1 Å². The van der Waals surface area contributed by atoms with Crippen LogP contribution in [-0.2, 0) is 0 Å². The number of phenols is 2. The number of aromatic hydroxyl groups is 2. The summed E-state index contributed by atoms with van der Waals surface area (Å²) in [6.45, 7) is 0. The number of nitrogens with zero attached hydrogens (tertiary/aromatic N) is 4. The summed E-state index contributed by atoms with van der Waals surface area (Å²) >= 11 is 21.5. The third-order valence-corrected chi connectivity index (χ3v) is 6.88. The maximum atomic E-state index is 9.86. The molecule has 0 fully saturated rings. The molecular formula is C28H16BrCl3N4O2. The van der Waals surface area contributed by atoms with Gasteiger partial charge in [-0.2, -0.15) is 0 Å². The van der Waals surface area contributed by atoms with Crippen molar-refractivity contribution in [2.75, 3.05) is 0 Å². The monoisotopic (exact) mass is 624 g/mol. The van der Waals surface area contributed by atoms with Crippen molar-refractivity contribution in [2.24, 2.45) is 0 Å². The number of halogens is 4. The summed E-state index contributed by atoms with van der Waals surface area (Å²) in [6.07, 6.45) is 0. The summed E-state index contributed by atoms with van der Waals surface area (Å²) in [4.78, 5) is 17.4. The second kappa shape index (κ2) is 11.1. The molecule has 4 aromatic carbocycles. The van der Waals surface area contributed by atoms with Crippen LogP contribution in [-0.4, -0.2) is 30.1 Å². The Morgan fingerprint density at radius 1 is 0.553 bits per heavy atom. The van der Waals surface area contributed by atoms with E-state index in [1.54, 1.807) is 72.8 Å². The van der Waals surface area contributed by atoms with Gasteiger partial charge in [0.15, 0.2) is 11.6 Å². The standard InChI is InChI=1S/C14H8BrClN2O.C14H8Cl2N2O/c15-13-9-6-5-8(16)7-11(9)17-14(18-13)10-3-1-2-4-12(10)19;15-8-5-6-9-11(7-8)17-14(18-13(9)16)10-3-1-2-4-12(10)19/h2*1-7,19H. The van der Waals surface area contributed by atoms with E-state index in [0.29, 0.717) is 48.1 Å². The molecule has 10 heteroatoms. The van der Waals surface area contributed by atoms with E-state index in [2.05, 4.69) is 35.9 Å². The number of rotatable bonds is 2. The molecule has 0 bridgehead atoms. The molecule has 0 atom stereocenters. The van der Waals surface area contributed by atoms with Crippen LogP contribution in [0.25, 0.3) is 44.6 Å². The van der Waals surface area contributed by atoms with Crippen molar-refractivity contribution >= 4 is 72.5 Å². The third-order valence-electron chi connectivity index (χ3n) is 5.51. The first kappa shape index (κ1) is 26.1. The van der Waals surface area contributed by atoms with Crippen LogP contribution in [0.4, 0.5) is 0 Å². The predicted octanol–water partition coefficient (Wildman–Crippen LogP) is 8.73. The summed E-state index contributed by atoms with van der Waals surface area (Å²) in [5.74, 6) is 1.09. The van der Waals surface area contributed by atoms with Crippen molar-refractivity contribution < 1.29 is 10.2 Å². The van der Waals surface area contributed by atoms with Crippen LogP contribution in [0.3, 0.4) is 0 Å². The fraction of sp³-hybridized carbons (Fsp3) is 0. The molecule has 2 aromatic heterocycles. The molecule has 38 heavy (non-hydrogen) atoms. The number of fused-ring (bicyclic) bond motifs is 2. The van der Waals surface area contributed by atoms with Gasteiger partial charge in [-0.3, -0.25) is 0 Å². The number of hydrogen-bond donors (Lipinski definition) is 2. The molecular weight excluding hydrogens is 611 g/mol. The number of phenolic OH excluding ortho intramolecular Hbond substituents is 2. The van der Waals surface area contributed by atoms with Gasteiger partial charge in [-0.15, -0.1) is 0 Å². The van der Waals surface area contributed by atoms with E-state index < -0.39 is 0 Å². The fourth-order valence-corrected chi connectivity index (χ4v) is 4.77. The minimum atomic E-state index is 0.111. The van der Waals surface area contributed by atoms with E-state index in [4.69, 9.17) is 34.8 Å². The van der Waals surface area contributed by atoms with Gasteiger partial charge in [0.1, 0.15) is 21.3 Å². The number of hydrogen-bond acceptors (Lipinski definition) is 6. The lowest BCUT2D eigenvalue weighted by Crippen LogP contribution is -1.92. The molecule has 2 N–H and O–H groups in total. The fourth-order valence-electron chi connectivity index (χ4n) is 3.69. The quantitative estimate of drug-likeness (QED) is 0.187. The van der Waals surface area contributed by atoms with E-state index in [0.717, 1.165) is 16.3 Å². The van der Waals surface area contributed by atoms with Gasteiger partial charge in [-0.05, 0) is 76.6 Å². The van der Waals surface area contributed by atoms with Crippen LogP contribution < -0.4 is 0 Å². The van der Waals surface area contributed by atoms with Crippen LogP contribution in [0.1, 0.15) is 0 Å². The summed E-state index contributed by atoms with van der Waals surface area (Å²) in [6, 6.07) is 24.4. The normalized spacial score (nSPS) is 10.8.